The van der Waals surface area contributed by atoms with Gasteiger partial charge in [0.15, 0.2) is 0 Å². The van der Waals surface area contributed by atoms with Crippen LogP contribution < -0.4 is 0 Å². The Balaban J connectivity index is 2.88. The second-order valence-corrected chi connectivity index (χ2v) is 5.70. The maximum atomic E-state index is 5.87. The van der Waals surface area contributed by atoms with Gasteiger partial charge in [-0.1, -0.05) is 11.6 Å². The van der Waals surface area contributed by atoms with E-state index in [4.69, 9.17) is 11.6 Å². The number of fused-ring (bicyclic) bond motifs is 1. The Bertz CT molecular complexity index is 397. The van der Waals surface area contributed by atoms with Crippen molar-refractivity contribution < 1.29 is 0 Å². The minimum absolute atomic E-state index is 0.898. The molecule has 2 aromatic heterocycles. The molecule has 0 saturated heterocycles. The van der Waals surface area contributed by atoms with Crippen molar-refractivity contribution in [3.05, 3.63) is 20.8 Å². The summed E-state index contributed by atoms with van der Waals surface area (Å²) in [6.07, 6.45) is 0. The summed E-state index contributed by atoms with van der Waals surface area (Å²) in [6.45, 7) is 4.30. The Hall–Kier alpha value is -0.0500. The lowest BCUT2D eigenvalue weighted by Gasteiger charge is -1.84. The Labute approximate surface area is 78.4 Å². The second kappa shape index (κ2) is 2.47. The molecule has 0 fully saturated rings. The van der Waals surface area contributed by atoms with Crippen molar-refractivity contribution in [3.63, 3.8) is 0 Å². The van der Waals surface area contributed by atoms with E-state index in [2.05, 4.69) is 19.9 Å². The zero-order chi connectivity index (χ0) is 8.01. The largest absolute Gasteiger partial charge is 0.129 e. The van der Waals surface area contributed by atoms with Gasteiger partial charge in [0.2, 0.25) is 0 Å². The third-order valence-electron chi connectivity index (χ3n) is 1.85. The smallest absolute Gasteiger partial charge is 0.0949 e. The van der Waals surface area contributed by atoms with Gasteiger partial charge in [0.05, 0.1) is 8.35 Å². The lowest BCUT2D eigenvalue weighted by molar-refractivity contribution is 1.47. The number of rotatable bonds is 0. The van der Waals surface area contributed by atoms with E-state index in [1.165, 1.54) is 19.8 Å². The van der Waals surface area contributed by atoms with Gasteiger partial charge in [0, 0.05) is 10.3 Å². The topological polar surface area (TPSA) is 0 Å². The quantitative estimate of drug-likeness (QED) is 0.600. The zero-order valence-electron chi connectivity index (χ0n) is 6.27. The summed E-state index contributed by atoms with van der Waals surface area (Å²) in [4.78, 5) is 1.41. The van der Waals surface area contributed by atoms with Gasteiger partial charge in [-0.3, -0.25) is 0 Å². The molecular formula is C8H7ClS2. The normalized spacial score (nSPS) is 11.2. The predicted octanol–water partition coefficient (Wildman–Crippen LogP) is 4.23. The van der Waals surface area contributed by atoms with Gasteiger partial charge in [-0.25, -0.2) is 0 Å². The van der Waals surface area contributed by atoms with E-state index in [0.29, 0.717) is 0 Å². The highest BCUT2D eigenvalue weighted by Gasteiger charge is 2.07. The SMILES string of the molecule is Cc1sc2sc(Cl)cc2c1C. The van der Waals surface area contributed by atoms with Crippen LogP contribution in [-0.4, -0.2) is 0 Å². The molecule has 0 aliphatic heterocycles. The number of hydrogen-bond acceptors (Lipinski definition) is 2. The molecular weight excluding hydrogens is 196 g/mol. The predicted molar refractivity (Wildman–Crippen MR) is 54.2 cm³/mol. The fourth-order valence-corrected chi connectivity index (χ4v) is 3.92. The van der Waals surface area contributed by atoms with Crippen LogP contribution >= 0.6 is 34.3 Å². The van der Waals surface area contributed by atoms with E-state index >= 15 is 0 Å². The molecule has 11 heavy (non-hydrogen) atoms. The van der Waals surface area contributed by atoms with Crippen molar-refractivity contribution in [2.45, 2.75) is 13.8 Å². The summed E-state index contributed by atoms with van der Waals surface area (Å²) in [7, 11) is 0. The summed E-state index contributed by atoms with van der Waals surface area (Å²) < 4.78 is 2.25. The summed E-state index contributed by atoms with van der Waals surface area (Å²) >= 11 is 9.38. The lowest BCUT2D eigenvalue weighted by atomic mass is 10.2. The molecule has 2 aromatic rings. The first-order chi connectivity index (χ1) is 5.18. The summed E-state index contributed by atoms with van der Waals surface area (Å²) in [5.74, 6) is 0. The first kappa shape index (κ1) is 7.59. The molecule has 0 atom stereocenters. The minimum Gasteiger partial charge on any atom is -0.129 e. The second-order valence-electron chi connectivity index (χ2n) is 2.53. The van der Waals surface area contributed by atoms with Crippen molar-refractivity contribution in [2.24, 2.45) is 0 Å². The molecule has 0 aliphatic rings. The number of hydrogen-bond donors (Lipinski definition) is 0. The third kappa shape index (κ3) is 1.10. The molecule has 3 heteroatoms. The maximum Gasteiger partial charge on any atom is 0.0949 e. The molecule has 0 spiro atoms. The molecule has 0 aromatic carbocycles. The third-order valence-corrected chi connectivity index (χ3v) is 4.42. The standard InChI is InChI=1S/C8H7ClS2/c1-4-5(2)10-8-6(4)3-7(9)11-8/h3H,1-2H3. The van der Waals surface area contributed by atoms with Crippen molar-refractivity contribution >= 4 is 43.7 Å². The van der Waals surface area contributed by atoms with Crippen LogP contribution in [0.1, 0.15) is 10.4 Å². The van der Waals surface area contributed by atoms with Crippen LogP contribution in [0.25, 0.3) is 9.40 Å². The number of aryl methyl sites for hydroxylation is 2. The van der Waals surface area contributed by atoms with Crippen molar-refractivity contribution in [1.82, 2.24) is 0 Å². The van der Waals surface area contributed by atoms with Crippen molar-refractivity contribution in [2.75, 3.05) is 0 Å². The van der Waals surface area contributed by atoms with Crippen LogP contribution in [-0.2, 0) is 0 Å². The first-order valence-electron chi connectivity index (χ1n) is 3.33. The fourth-order valence-electron chi connectivity index (χ4n) is 1.09. The van der Waals surface area contributed by atoms with Gasteiger partial charge < -0.3 is 0 Å². The van der Waals surface area contributed by atoms with Gasteiger partial charge in [0.25, 0.3) is 0 Å². The van der Waals surface area contributed by atoms with Crippen LogP contribution in [0.3, 0.4) is 0 Å². The molecule has 0 amide bonds. The summed E-state index contributed by atoms with van der Waals surface area (Å²) in [5.41, 5.74) is 1.38. The van der Waals surface area contributed by atoms with Gasteiger partial charge in [0.1, 0.15) is 0 Å². The van der Waals surface area contributed by atoms with Gasteiger partial charge in [-0.2, -0.15) is 0 Å². The van der Waals surface area contributed by atoms with Crippen LogP contribution in [0, 0.1) is 13.8 Å². The molecule has 0 N–H and O–H groups in total. The Morgan fingerprint density at radius 3 is 2.64 bits per heavy atom. The zero-order valence-corrected chi connectivity index (χ0v) is 8.66. The van der Waals surface area contributed by atoms with Crippen LogP contribution in [0.2, 0.25) is 4.34 Å². The van der Waals surface area contributed by atoms with E-state index in [0.717, 1.165) is 4.34 Å². The molecule has 0 bridgehead atoms. The molecule has 0 unspecified atom stereocenters. The van der Waals surface area contributed by atoms with E-state index in [1.807, 2.05) is 11.3 Å². The monoisotopic (exact) mass is 202 g/mol. The lowest BCUT2D eigenvalue weighted by Crippen LogP contribution is -1.65. The van der Waals surface area contributed by atoms with Gasteiger partial charge >= 0.3 is 0 Å². The van der Waals surface area contributed by atoms with Crippen molar-refractivity contribution in [3.8, 4) is 0 Å². The maximum absolute atomic E-state index is 5.87. The average molecular weight is 203 g/mol. The Morgan fingerprint density at radius 2 is 2.00 bits per heavy atom. The molecule has 0 saturated carbocycles. The molecule has 0 radical (unpaired) electrons. The van der Waals surface area contributed by atoms with Crippen LogP contribution in [0.15, 0.2) is 6.07 Å². The number of thiophene rings is 2. The number of halogens is 1. The molecule has 2 heterocycles. The van der Waals surface area contributed by atoms with E-state index in [1.54, 1.807) is 11.3 Å². The summed E-state index contributed by atoms with van der Waals surface area (Å²) in [5, 5.41) is 1.34. The Morgan fingerprint density at radius 1 is 1.27 bits per heavy atom. The van der Waals surface area contributed by atoms with E-state index in [-0.39, 0.29) is 0 Å². The molecule has 0 aliphatic carbocycles. The van der Waals surface area contributed by atoms with E-state index < -0.39 is 0 Å². The highest BCUT2D eigenvalue weighted by Crippen LogP contribution is 2.38. The highest BCUT2D eigenvalue weighted by atomic mass is 35.5. The van der Waals surface area contributed by atoms with Crippen LogP contribution in [0.4, 0.5) is 0 Å². The van der Waals surface area contributed by atoms with Gasteiger partial charge in [-0.05, 0) is 25.5 Å². The van der Waals surface area contributed by atoms with Gasteiger partial charge in [-0.15, -0.1) is 22.7 Å². The summed E-state index contributed by atoms with van der Waals surface area (Å²) in [6, 6.07) is 2.06. The molecule has 2 rings (SSSR count). The fraction of sp³-hybridized carbons (Fsp3) is 0.250. The highest BCUT2D eigenvalue weighted by molar-refractivity contribution is 7.39. The van der Waals surface area contributed by atoms with Crippen molar-refractivity contribution in [1.29, 1.82) is 0 Å². The van der Waals surface area contributed by atoms with E-state index in [9.17, 15) is 0 Å². The Kier molecular flexibility index (Phi) is 1.71. The van der Waals surface area contributed by atoms with Crippen LogP contribution in [0.5, 0.6) is 0 Å². The molecule has 0 nitrogen and oxygen atoms in total. The minimum atomic E-state index is 0.898. The average Bonchev–Trinajstić information content (AvgIpc) is 2.37. The molecule has 58 valence electrons. The first-order valence-corrected chi connectivity index (χ1v) is 5.34.